The maximum absolute atomic E-state index is 13.3. The number of nitrogens with two attached hydrogens (primary N) is 1. The molecule has 0 aliphatic rings. The zero-order valence-electron chi connectivity index (χ0n) is 11.2. The molecule has 0 radical (unpaired) electrons. The molecule has 0 bridgehead atoms. The van der Waals surface area contributed by atoms with Gasteiger partial charge in [-0.3, -0.25) is 9.78 Å². The summed E-state index contributed by atoms with van der Waals surface area (Å²) in [6, 6.07) is 7.89. The van der Waals surface area contributed by atoms with E-state index in [-0.39, 0.29) is 5.91 Å². The summed E-state index contributed by atoms with van der Waals surface area (Å²) in [7, 11) is 0. The minimum Gasteiger partial charge on any atom is -0.396 e. The third-order valence-corrected chi connectivity index (χ3v) is 4.30. The maximum Gasteiger partial charge on any atom is 0.267 e. The minimum atomic E-state index is -0.401. The average molecular weight is 301 g/mol. The summed E-state index contributed by atoms with van der Waals surface area (Å²) in [6.45, 7) is 1.80. The highest BCUT2D eigenvalue weighted by Crippen LogP contribution is 2.32. The SMILES string of the molecule is Cc1ccc(F)cc1NC(=O)c1sc2cccnc2c1N. The summed E-state index contributed by atoms with van der Waals surface area (Å²) >= 11 is 1.27. The van der Waals surface area contributed by atoms with Gasteiger partial charge in [0.25, 0.3) is 5.91 Å². The number of hydrogen-bond acceptors (Lipinski definition) is 4. The quantitative estimate of drug-likeness (QED) is 0.760. The molecule has 0 fully saturated rings. The van der Waals surface area contributed by atoms with Crippen molar-refractivity contribution < 1.29 is 9.18 Å². The van der Waals surface area contributed by atoms with Crippen LogP contribution in [0.5, 0.6) is 0 Å². The zero-order valence-corrected chi connectivity index (χ0v) is 12.0. The lowest BCUT2D eigenvalue weighted by Crippen LogP contribution is -2.13. The van der Waals surface area contributed by atoms with E-state index in [2.05, 4.69) is 10.3 Å². The number of nitrogens with one attached hydrogen (secondary N) is 1. The Labute approximate surface area is 124 Å². The van der Waals surface area contributed by atoms with Crippen LogP contribution in [-0.4, -0.2) is 10.9 Å². The van der Waals surface area contributed by atoms with E-state index >= 15 is 0 Å². The number of anilines is 2. The summed E-state index contributed by atoms with van der Waals surface area (Å²) < 4.78 is 14.1. The van der Waals surface area contributed by atoms with Crippen molar-refractivity contribution in [2.24, 2.45) is 0 Å². The van der Waals surface area contributed by atoms with Crippen molar-refractivity contribution in [3.63, 3.8) is 0 Å². The number of carbonyl (C=O) groups is 1. The van der Waals surface area contributed by atoms with Crippen LogP contribution in [0.3, 0.4) is 0 Å². The number of rotatable bonds is 2. The van der Waals surface area contributed by atoms with Crippen molar-refractivity contribution in [3.8, 4) is 0 Å². The summed E-state index contributed by atoms with van der Waals surface area (Å²) in [5.41, 5.74) is 8.15. The van der Waals surface area contributed by atoms with Gasteiger partial charge >= 0.3 is 0 Å². The Morgan fingerprint density at radius 1 is 1.38 bits per heavy atom. The first-order valence-corrected chi connectivity index (χ1v) is 7.08. The van der Waals surface area contributed by atoms with Gasteiger partial charge in [-0.05, 0) is 36.8 Å². The molecule has 4 nitrogen and oxygen atoms in total. The van der Waals surface area contributed by atoms with Crippen LogP contribution in [0.1, 0.15) is 15.2 Å². The molecule has 0 aliphatic carbocycles. The van der Waals surface area contributed by atoms with E-state index in [4.69, 9.17) is 5.73 Å². The molecule has 106 valence electrons. The number of hydrogen-bond donors (Lipinski definition) is 2. The molecule has 1 aromatic carbocycles. The van der Waals surface area contributed by atoms with Crippen molar-refractivity contribution in [2.75, 3.05) is 11.1 Å². The van der Waals surface area contributed by atoms with Crippen molar-refractivity contribution in [2.45, 2.75) is 6.92 Å². The second-order valence-corrected chi connectivity index (χ2v) is 5.66. The molecule has 3 rings (SSSR count). The van der Waals surface area contributed by atoms with Crippen LogP contribution in [0.2, 0.25) is 0 Å². The Kier molecular flexibility index (Phi) is 3.31. The van der Waals surface area contributed by atoms with Crippen LogP contribution in [0, 0.1) is 12.7 Å². The molecule has 2 aromatic heterocycles. The van der Waals surface area contributed by atoms with Crippen molar-refractivity contribution in [3.05, 3.63) is 52.8 Å². The molecule has 0 saturated carbocycles. The third kappa shape index (κ3) is 2.45. The highest BCUT2D eigenvalue weighted by atomic mass is 32.1. The molecule has 0 atom stereocenters. The molecule has 6 heteroatoms. The van der Waals surface area contributed by atoms with Crippen molar-refractivity contribution >= 4 is 38.8 Å². The molecule has 21 heavy (non-hydrogen) atoms. The van der Waals surface area contributed by atoms with E-state index in [1.165, 1.54) is 23.5 Å². The number of fused-ring (bicyclic) bond motifs is 1. The molecule has 0 aliphatic heterocycles. The highest BCUT2D eigenvalue weighted by Gasteiger charge is 2.17. The first-order chi connectivity index (χ1) is 10.1. The number of amides is 1. The summed E-state index contributed by atoms with van der Waals surface area (Å²) in [5.74, 6) is -0.758. The smallest absolute Gasteiger partial charge is 0.267 e. The van der Waals surface area contributed by atoms with E-state index in [0.29, 0.717) is 21.8 Å². The van der Waals surface area contributed by atoms with Gasteiger partial charge in [0.05, 0.1) is 10.4 Å². The van der Waals surface area contributed by atoms with Crippen LogP contribution < -0.4 is 11.1 Å². The number of halogens is 1. The standard InChI is InChI=1S/C15H12FN3OS/c1-8-4-5-9(16)7-10(8)19-15(20)14-12(17)13-11(21-14)3-2-6-18-13/h2-7H,17H2,1H3,(H,19,20). The van der Waals surface area contributed by atoms with Crippen molar-refractivity contribution in [1.82, 2.24) is 4.98 Å². The van der Waals surface area contributed by atoms with Gasteiger partial charge in [0.2, 0.25) is 0 Å². The van der Waals surface area contributed by atoms with Crippen molar-refractivity contribution in [1.29, 1.82) is 0 Å². The van der Waals surface area contributed by atoms with Gasteiger partial charge in [0, 0.05) is 11.9 Å². The van der Waals surface area contributed by atoms with E-state index < -0.39 is 5.82 Å². The minimum absolute atomic E-state index is 0.349. The Hall–Kier alpha value is -2.47. The van der Waals surface area contributed by atoms with Gasteiger partial charge in [-0.25, -0.2) is 4.39 Å². The molecule has 0 saturated heterocycles. The molecule has 2 heterocycles. The Balaban J connectivity index is 1.97. The largest absolute Gasteiger partial charge is 0.396 e. The fourth-order valence-corrected chi connectivity index (χ4v) is 3.00. The van der Waals surface area contributed by atoms with E-state index in [1.807, 2.05) is 6.07 Å². The highest BCUT2D eigenvalue weighted by molar-refractivity contribution is 7.21. The molecule has 1 amide bonds. The molecular formula is C15H12FN3OS. The van der Waals surface area contributed by atoms with Gasteiger partial charge in [0.15, 0.2) is 0 Å². The maximum atomic E-state index is 13.3. The average Bonchev–Trinajstić information content (AvgIpc) is 2.81. The second kappa shape index (κ2) is 5.14. The van der Waals surface area contributed by atoms with E-state index in [9.17, 15) is 9.18 Å². The topological polar surface area (TPSA) is 68.0 Å². The number of aromatic nitrogens is 1. The number of nitrogen functional groups attached to an aromatic ring is 1. The predicted molar refractivity (Wildman–Crippen MR) is 83.1 cm³/mol. The monoisotopic (exact) mass is 301 g/mol. The summed E-state index contributed by atoms with van der Waals surface area (Å²) in [6.07, 6.45) is 1.63. The number of pyridine rings is 1. The van der Waals surface area contributed by atoms with Crippen LogP contribution in [0.4, 0.5) is 15.8 Å². The van der Waals surface area contributed by atoms with Gasteiger partial charge in [-0.1, -0.05) is 6.07 Å². The lowest BCUT2D eigenvalue weighted by Gasteiger charge is -2.07. The Morgan fingerprint density at radius 3 is 2.95 bits per heavy atom. The van der Waals surface area contributed by atoms with Crippen LogP contribution in [-0.2, 0) is 0 Å². The van der Waals surface area contributed by atoms with Gasteiger partial charge in [-0.2, -0.15) is 0 Å². The van der Waals surface area contributed by atoms with Gasteiger partial charge in [-0.15, -0.1) is 11.3 Å². The molecule has 0 unspecified atom stereocenters. The predicted octanol–water partition coefficient (Wildman–Crippen LogP) is 3.58. The second-order valence-electron chi connectivity index (χ2n) is 4.61. The number of carbonyl (C=O) groups excluding carboxylic acids is 1. The molecule has 0 spiro atoms. The number of benzene rings is 1. The van der Waals surface area contributed by atoms with E-state index in [0.717, 1.165) is 10.3 Å². The number of thiophene rings is 1. The summed E-state index contributed by atoms with van der Waals surface area (Å²) in [5, 5.41) is 2.69. The lowest BCUT2D eigenvalue weighted by molar-refractivity contribution is 0.103. The molecular weight excluding hydrogens is 289 g/mol. The van der Waals surface area contributed by atoms with E-state index in [1.54, 1.807) is 25.3 Å². The normalized spacial score (nSPS) is 10.8. The Morgan fingerprint density at radius 2 is 2.19 bits per heavy atom. The number of nitrogens with zero attached hydrogens (tertiary/aromatic N) is 1. The summed E-state index contributed by atoms with van der Waals surface area (Å²) in [4.78, 5) is 16.9. The lowest BCUT2D eigenvalue weighted by atomic mass is 10.2. The fraction of sp³-hybridized carbons (Fsp3) is 0.0667. The fourth-order valence-electron chi connectivity index (χ4n) is 2.02. The van der Waals surface area contributed by atoms with Crippen LogP contribution >= 0.6 is 11.3 Å². The molecule has 3 aromatic rings. The van der Waals surface area contributed by atoms with Crippen LogP contribution in [0.15, 0.2) is 36.5 Å². The zero-order chi connectivity index (χ0) is 15.0. The third-order valence-electron chi connectivity index (χ3n) is 3.14. The first-order valence-electron chi connectivity index (χ1n) is 6.27. The molecule has 3 N–H and O–H groups in total. The van der Waals surface area contributed by atoms with Gasteiger partial charge in [0.1, 0.15) is 16.2 Å². The van der Waals surface area contributed by atoms with Crippen LogP contribution in [0.25, 0.3) is 10.2 Å². The first kappa shape index (κ1) is 13.5. The van der Waals surface area contributed by atoms with Gasteiger partial charge < -0.3 is 11.1 Å². The number of aryl methyl sites for hydroxylation is 1. The Bertz CT molecular complexity index is 844.